The summed E-state index contributed by atoms with van der Waals surface area (Å²) in [5.74, 6) is 0.476. The van der Waals surface area contributed by atoms with Crippen LogP contribution in [0.2, 0.25) is 0 Å². The summed E-state index contributed by atoms with van der Waals surface area (Å²) < 4.78 is 6.07. The third-order valence-electron chi connectivity index (χ3n) is 2.97. The molecule has 22 heavy (non-hydrogen) atoms. The quantitative estimate of drug-likeness (QED) is 0.767. The van der Waals surface area contributed by atoms with Crippen LogP contribution in [0.4, 0.5) is 5.82 Å². The van der Waals surface area contributed by atoms with Gasteiger partial charge in [0.2, 0.25) is 5.89 Å². The molecule has 1 aromatic carbocycles. The number of amides is 1. The van der Waals surface area contributed by atoms with Gasteiger partial charge >= 0.3 is 0 Å². The van der Waals surface area contributed by atoms with Gasteiger partial charge in [-0.1, -0.05) is 18.2 Å². The number of rotatable bonds is 3. The van der Waals surface area contributed by atoms with Crippen LogP contribution in [0.15, 0.2) is 57.7 Å². The molecule has 2 heterocycles. The zero-order chi connectivity index (χ0) is 15.5. The zero-order valence-corrected chi connectivity index (χ0v) is 13.3. The summed E-state index contributed by atoms with van der Waals surface area (Å²) in [4.78, 5) is 20.6. The van der Waals surface area contributed by atoms with Gasteiger partial charge in [-0.3, -0.25) is 4.79 Å². The molecule has 6 heteroatoms. The van der Waals surface area contributed by atoms with Gasteiger partial charge < -0.3 is 9.73 Å². The first-order chi connectivity index (χ1) is 10.6. The molecule has 5 nitrogen and oxygen atoms in total. The van der Waals surface area contributed by atoms with E-state index in [4.69, 9.17) is 4.42 Å². The number of nitrogens with one attached hydrogen (secondary N) is 1. The van der Waals surface area contributed by atoms with E-state index in [0.29, 0.717) is 16.2 Å². The molecule has 0 aliphatic heterocycles. The second kappa shape index (κ2) is 6.11. The van der Waals surface area contributed by atoms with E-state index in [1.54, 1.807) is 6.20 Å². The van der Waals surface area contributed by atoms with Crippen molar-refractivity contribution >= 4 is 27.7 Å². The van der Waals surface area contributed by atoms with E-state index in [1.165, 1.54) is 6.26 Å². The van der Waals surface area contributed by atoms with E-state index in [9.17, 15) is 4.79 Å². The first kappa shape index (κ1) is 14.5. The average Bonchev–Trinajstić information content (AvgIpc) is 3.01. The predicted molar refractivity (Wildman–Crippen MR) is 86.6 cm³/mol. The lowest BCUT2D eigenvalue weighted by Crippen LogP contribution is -2.13. The van der Waals surface area contributed by atoms with Gasteiger partial charge in [-0.2, -0.15) is 0 Å². The smallest absolute Gasteiger partial charge is 0.278 e. The predicted octanol–water partition coefficient (Wildman–Crippen LogP) is 4.06. The summed E-state index contributed by atoms with van der Waals surface area (Å²) in [7, 11) is 0. The lowest BCUT2D eigenvalue weighted by Gasteiger charge is -2.04. The Labute approximate surface area is 135 Å². The molecule has 1 amide bonds. The van der Waals surface area contributed by atoms with Crippen molar-refractivity contribution in [3.8, 4) is 11.5 Å². The maximum Gasteiger partial charge on any atom is 0.278 e. The van der Waals surface area contributed by atoms with Gasteiger partial charge in [-0.05, 0) is 46.6 Å². The van der Waals surface area contributed by atoms with E-state index >= 15 is 0 Å². The Morgan fingerprint density at radius 2 is 2.05 bits per heavy atom. The van der Waals surface area contributed by atoms with Gasteiger partial charge in [0.05, 0.1) is 4.47 Å². The third-order valence-corrected chi connectivity index (χ3v) is 3.57. The number of hydrogen-bond donors (Lipinski definition) is 1. The van der Waals surface area contributed by atoms with Crippen LogP contribution in [-0.4, -0.2) is 15.9 Å². The van der Waals surface area contributed by atoms with E-state index in [1.807, 2.05) is 43.3 Å². The number of carbonyl (C=O) groups is 1. The first-order valence-electron chi connectivity index (χ1n) is 6.58. The number of carbonyl (C=O) groups excluding carboxylic acids is 1. The standard InChI is InChI=1S/C16H12BrN3O2/c1-10-7-12(17)14(18-8-10)20-15(21)13-9-22-16(19-13)11-5-3-2-4-6-11/h2-9H,1H3,(H,18,20,21). The van der Waals surface area contributed by atoms with Crippen LogP contribution in [0.25, 0.3) is 11.5 Å². The topological polar surface area (TPSA) is 68.0 Å². The van der Waals surface area contributed by atoms with Crippen LogP contribution < -0.4 is 5.32 Å². The lowest BCUT2D eigenvalue weighted by molar-refractivity contribution is 0.102. The summed E-state index contributed by atoms with van der Waals surface area (Å²) >= 11 is 3.37. The number of hydrogen-bond acceptors (Lipinski definition) is 4. The fourth-order valence-electron chi connectivity index (χ4n) is 1.89. The van der Waals surface area contributed by atoms with Crippen LogP contribution >= 0.6 is 15.9 Å². The highest BCUT2D eigenvalue weighted by Gasteiger charge is 2.15. The van der Waals surface area contributed by atoms with Crippen molar-refractivity contribution < 1.29 is 9.21 Å². The molecule has 0 spiro atoms. The van der Waals surface area contributed by atoms with Gasteiger partial charge in [0.1, 0.15) is 12.1 Å². The van der Waals surface area contributed by atoms with Crippen molar-refractivity contribution in [1.29, 1.82) is 0 Å². The van der Waals surface area contributed by atoms with Crippen molar-refractivity contribution in [2.24, 2.45) is 0 Å². The second-order valence-electron chi connectivity index (χ2n) is 4.70. The molecule has 110 valence electrons. The normalized spacial score (nSPS) is 10.5. The molecule has 0 aliphatic rings. The average molecular weight is 358 g/mol. The number of oxazole rings is 1. The SMILES string of the molecule is Cc1cnc(NC(=O)c2coc(-c3ccccc3)n2)c(Br)c1. The molecule has 0 unspecified atom stereocenters. The summed E-state index contributed by atoms with van der Waals surface area (Å²) in [6.07, 6.45) is 3.01. The van der Waals surface area contributed by atoms with E-state index in [2.05, 4.69) is 31.2 Å². The fourth-order valence-corrected chi connectivity index (χ4v) is 2.45. The van der Waals surface area contributed by atoms with E-state index < -0.39 is 0 Å². The van der Waals surface area contributed by atoms with Crippen molar-refractivity contribution in [3.05, 3.63) is 64.6 Å². The van der Waals surface area contributed by atoms with Crippen molar-refractivity contribution in [2.75, 3.05) is 5.32 Å². The summed E-state index contributed by atoms with van der Waals surface area (Å²) in [6, 6.07) is 11.3. The van der Waals surface area contributed by atoms with E-state index in [-0.39, 0.29) is 11.6 Å². The van der Waals surface area contributed by atoms with Crippen molar-refractivity contribution in [1.82, 2.24) is 9.97 Å². The maximum atomic E-state index is 12.2. The Balaban J connectivity index is 1.80. The molecule has 0 atom stereocenters. The molecule has 3 aromatic rings. The highest BCUT2D eigenvalue weighted by molar-refractivity contribution is 9.10. The lowest BCUT2D eigenvalue weighted by atomic mass is 10.2. The zero-order valence-electron chi connectivity index (χ0n) is 11.7. The first-order valence-corrected chi connectivity index (χ1v) is 7.37. The number of aromatic nitrogens is 2. The molecule has 0 radical (unpaired) electrons. The Hall–Kier alpha value is -2.47. The molecule has 0 saturated heterocycles. The molecule has 0 fully saturated rings. The highest BCUT2D eigenvalue weighted by atomic mass is 79.9. The molecule has 1 N–H and O–H groups in total. The fraction of sp³-hybridized carbons (Fsp3) is 0.0625. The van der Waals surface area contributed by atoms with Crippen molar-refractivity contribution in [2.45, 2.75) is 6.92 Å². The number of halogens is 1. The molecule has 0 saturated carbocycles. The van der Waals surface area contributed by atoms with Crippen LogP contribution in [0.5, 0.6) is 0 Å². The summed E-state index contributed by atoms with van der Waals surface area (Å²) in [5, 5.41) is 2.70. The van der Waals surface area contributed by atoms with E-state index in [0.717, 1.165) is 11.1 Å². The largest absolute Gasteiger partial charge is 0.444 e. The minimum absolute atomic E-state index is 0.202. The number of anilines is 1. The highest BCUT2D eigenvalue weighted by Crippen LogP contribution is 2.22. The Morgan fingerprint density at radius 1 is 1.27 bits per heavy atom. The van der Waals surface area contributed by atoms with Crippen molar-refractivity contribution in [3.63, 3.8) is 0 Å². The molecular formula is C16H12BrN3O2. The summed E-state index contributed by atoms with van der Waals surface area (Å²) in [5.41, 5.74) is 2.02. The molecule has 0 aliphatic carbocycles. The number of aryl methyl sites for hydroxylation is 1. The van der Waals surface area contributed by atoms with Gasteiger partial charge in [0, 0.05) is 11.8 Å². The Bertz CT molecular complexity index is 815. The number of benzene rings is 1. The van der Waals surface area contributed by atoms with Gasteiger partial charge in [0.25, 0.3) is 5.91 Å². The van der Waals surface area contributed by atoms with Gasteiger partial charge in [-0.15, -0.1) is 0 Å². The minimum atomic E-state index is -0.372. The monoisotopic (exact) mass is 357 g/mol. The Kier molecular flexibility index (Phi) is 4.02. The van der Waals surface area contributed by atoms with Crippen LogP contribution in [0, 0.1) is 6.92 Å². The second-order valence-corrected chi connectivity index (χ2v) is 5.56. The van der Waals surface area contributed by atoms with Crippen LogP contribution in [-0.2, 0) is 0 Å². The maximum absolute atomic E-state index is 12.2. The van der Waals surface area contributed by atoms with Gasteiger partial charge in [-0.25, -0.2) is 9.97 Å². The molecule has 0 bridgehead atoms. The third kappa shape index (κ3) is 3.07. The minimum Gasteiger partial charge on any atom is -0.444 e. The molecule has 2 aromatic heterocycles. The molecular weight excluding hydrogens is 346 g/mol. The van der Waals surface area contributed by atoms with Crippen LogP contribution in [0.1, 0.15) is 16.1 Å². The number of pyridine rings is 1. The Morgan fingerprint density at radius 3 is 2.77 bits per heavy atom. The number of nitrogens with zero attached hydrogens (tertiary/aromatic N) is 2. The van der Waals surface area contributed by atoms with Crippen LogP contribution in [0.3, 0.4) is 0 Å². The van der Waals surface area contributed by atoms with Gasteiger partial charge in [0.15, 0.2) is 5.69 Å². The molecule has 3 rings (SSSR count). The summed E-state index contributed by atoms with van der Waals surface area (Å²) in [6.45, 7) is 1.92.